The predicted molar refractivity (Wildman–Crippen MR) is 111 cm³/mol. The maximum atomic E-state index is 12.4. The largest absolute Gasteiger partial charge is 0.491 e. The highest BCUT2D eigenvalue weighted by atomic mass is 16.5. The first kappa shape index (κ1) is 18.6. The Balaban J connectivity index is 1.29. The van der Waals surface area contributed by atoms with Gasteiger partial charge in [0.1, 0.15) is 24.7 Å². The van der Waals surface area contributed by atoms with Crippen LogP contribution in [0.1, 0.15) is 16.1 Å². The fraction of sp³-hybridized carbons (Fsp3) is 0.125. The van der Waals surface area contributed by atoms with Crippen molar-refractivity contribution in [3.63, 3.8) is 0 Å². The Kier molecular flexibility index (Phi) is 5.76. The summed E-state index contributed by atoms with van der Waals surface area (Å²) in [6.07, 6.45) is 1.49. The molecule has 0 unspecified atom stereocenters. The number of carbonyl (C=O) groups is 1. The van der Waals surface area contributed by atoms with Gasteiger partial charge >= 0.3 is 0 Å². The third-order valence-corrected chi connectivity index (χ3v) is 4.49. The lowest BCUT2D eigenvalue weighted by Crippen LogP contribution is -2.28. The van der Waals surface area contributed by atoms with Crippen LogP contribution < -0.4 is 14.8 Å². The molecule has 29 heavy (non-hydrogen) atoms. The summed E-state index contributed by atoms with van der Waals surface area (Å²) in [4.78, 5) is 12.4. The lowest BCUT2D eigenvalue weighted by atomic mass is 10.1. The standard InChI is InChI=1S/C24H21NO4/c26-24(23-19(13-15-28-23)17-29-20-9-2-1-3-10-20)25-14-16-27-22-12-6-8-18-7-4-5-11-21(18)22/h1-13,15H,14,16-17H2,(H,25,26). The van der Waals surface area contributed by atoms with Crippen molar-refractivity contribution in [1.82, 2.24) is 5.32 Å². The number of para-hydroxylation sites is 1. The molecule has 3 aromatic carbocycles. The van der Waals surface area contributed by atoms with Gasteiger partial charge in [-0.3, -0.25) is 4.79 Å². The van der Waals surface area contributed by atoms with Gasteiger partial charge in [0, 0.05) is 10.9 Å². The molecule has 0 bridgehead atoms. The number of rotatable bonds is 8. The average Bonchev–Trinajstić information content (AvgIpc) is 3.25. The molecule has 146 valence electrons. The van der Waals surface area contributed by atoms with E-state index < -0.39 is 0 Å². The van der Waals surface area contributed by atoms with E-state index in [1.54, 1.807) is 6.07 Å². The third kappa shape index (κ3) is 4.58. The van der Waals surface area contributed by atoms with E-state index in [-0.39, 0.29) is 18.3 Å². The maximum absolute atomic E-state index is 12.4. The summed E-state index contributed by atoms with van der Waals surface area (Å²) >= 11 is 0. The fourth-order valence-corrected chi connectivity index (χ4v) is 3.05. The first-order valence-electron chi connectivity index (χ1n) is 9.44. The highest BCUT2D eigenvalue weighted by Gasteiger charge is 2.15. The number of carbonyl (C=O) groups excluding carboxylic acids is 1. The highest BCUT2D eigenvalue weighted by Crippen LogP contribution is 2.25. The smallest absolute Gasteiger partial charge is 0.287 e. The van der Waals surface area contributed by atoms with E-state index in [4.69, 9.17) is 13.9 Å². The van der Waals surface area contributed by atoms with Crippen molar-refractivity contribution in [2.45, 2.75) is 6.61 Å². The SMILES string of the molecule is O=C(NCCOc1cccc2ccccc12)c1occc1COc1ccccc1. The van der Waals surface area contributed by atoms with Crippen molar-refractivity contribution in [3.05, 3.63) is 96.4 Å². The van der Waals surface area contributed by atoms with Crippen molar-refractivity contribution in [3.8, 4) is 11.5 Å². The summed E-state index contributed by atoms with van der Waals surface area (Å²) < 4.78 is 16.9. The molecular weight excluding hydrogens is 366 g/mol. The van der Waals surface area contributed by atoms with E-state index in [1.807, 2.05) is 72.8 Å². The summed E-state index contributed by atoms with van der Waals surface area (Å²) in [6.45, 7) is 0.980. The molecule has 1 N–H and O–H groups in total. The van der Waals surface area contributed by atoms with Crippen molar-refractivity contribution < 1.29 is 18.7 Å². The van der Waals surface area contributed by atoms with Crippen LogP contribution in [0.15, 0.2) is 89.5 Å². The molecule has 0 saturated carbocycles. The topological polar surface area (TPSA) is 60.7 Å². The fourth-order valence-electron chi connectivity index (χ4n) is 3.05. The van der Waals surface area contributed by atoms with Gasteiger partial charge in [-0.1, -0.05) is 54.6 Å². The summed E-state index contributed by atoms with van der Waals surface area (Å²) in [5.41, 5.74) is 0.696. The van der Waals surface area contributed by atoms with Crippen LogP contribution in [0.5, 0.6) is 11.5 Å². The zero-order valence-corrected chi connectivity index (χ0v) is 15.8. The Bertz CT molecular complexity index is 1080. The minimum atomic E-state index is -0.289. The summed E-state index contributed by atoms with van der Waals surface area (Å²) in [5, 5.41) is 5.00. The van der Waals surface area contributed by atoms with E-state index in [0.29, 0.717) is 18.7 Å². The lowest BCUT2D eigenvalue weighted by molar-refractivity contribution is 0.0916. The number of fused-ring (bicyclic) bond motifs is 1. The van der Waals surface area contributed by atoms with Crippen molar-refractivity contribution in [2.24, 2.45) is 0 Å². The van der Waals surface area contributed by atoms with Crippen LogP contribution in [0.4, 0.5) is 0 Å². The van der Waals surface area contributed by atoms with E-state index in [9.17, 15) is 4.79 Å². The van der Waals surface area contributed by atoms with Gasteiger partial charge in [0.15, 0.2) is 5.76 Å². The van der Waals surface area contributed by atoms with Crippen LogP contribution in [-0.2, 0) is 6.61 Å². The van der Waals surface area contributed by atoms with Gasteiger partial charge in [0.25, 0.3) is 5.91 Å². The molecule has 0 spiro atoms. The van der Waals surface area contributed by atoms with Crippen LogP contribution in [0, 0.1) is 0 Å². The zero-order chi connectivity index (χ0) is 19.9. The summed E-state index contributed by atoms with van der Waals surface area (Å²) in [5.74, 6) is 1.50. The van der Waals surface area contributed by atoms with E-state index in [0.717, 1.165) is 22.3 Å². The van der Waals surface area contributed by atoms with Gasteiger partial charge < -0.3 is 19.2 Å². The number of ether oxygens (including phenoxy) is 2. The molecule has 4 rings (SSSR count). The van der Waals surface area contributed by atoms with Gasteiger partial charge in [-0.05, 0) is 29.7 Å². The number of hydrogen-bond acceptors (Lipinski definition) is 4. The molecule has 0 aliphatic carbocycles. The molecule has 1 aromatic heterocycles. The van der Waals surface area contributed by atoms with Crippen molar-refractivity contribution >= 4 is 16.7 Å². The quantitative estimate of drug-likeness (QED) is 0.440. The number of hydrogen-bond donors (Lipinski definition) is 1. The molecule has 5 nitrogen and oxygen atoms in total. The molecule has 0 fully saturated rings. The van der Waals surface area contributed by atoms with Crippen LogP contribution in [0.25, 0.3) is 10.8 Å². The van der Waals surface area contributed by atoms with Gasteiger partial charge in [0.2, 0.25) is 0 Å². The molecule has 0 atom stereocenters. The van der Waals surface area contributed by atoms with E-state index in [1.165, 1.54) is 6.26 Å². The molecule has 1 amide bonds. The lowest BCUT2D eigenvalue weighted by Gasteiger charge is -2.10. The minimum absolute atomic E-state index is 0.256. The van der Waals surface area contributed by atoms with Crippen LogP contribution >= 0.6 is 0 Å². The van der Waals surface area contributed by atoms with Crippen LogP contribution in [0.3, 0.4) is 0 Å². The third-order valence-electron chi connectivity index (χ3n) is 4.49. The molecule has 0 radical (unpaired) electrons. The van der Waals surface area contributed by atoms with E-state index >= 15 is 0 Å². The van der Waals surface area contributed by atoms with Crippen LogP contribution in [-0.4, -0.2) is 19.1 Å². The Labute approximate surface area is 168 Å². The Hall–Kier alpha value is -3.73. The second-order valence-electron chi connectivity index (χ2n) is 6.46. The van der Waals surface area contributed by atoms with Gasteiger partial charge in [-0.15, -0.1) is 0 Å². The van der Waals surface area contributed by atoms with E-state index in [2.05, 4.69) is 5.32 Å². The van der Waals surface area contributed by atoms with Gasteiger partial charge in [-0.25, -0.2) is 0 Å². The number of benzene rings is 3. The maximum Gasteiger partial charge on any atom is 0.287 e. The minimum Gasteiger partial charge on any atom is -0.491 e. The Morgan fingerprint density at radius 2 is 1.66 bits per heavy atom. The number of furan rings is 1. The zero-order valence-electron chi connectivity index (χ0n) is 15.8. The molecule has 0 aliphatic heterocycles. The normalized spacial score (nSPS) is 10.6. The number of nitrogens with one attached hydrogen (secondary N) is 1. The molecule has 0 saturated heterocycles. The Morgan fingerprint density at radius 1 is 0.862 bits per heavy atom. The van der Waals surface area contributed by atoms with Gasteiger partial charge in [-0.2, -0.15) is 0 Å². The summed E-state index contributed by atoms with van der Waals surface area (Å²) in [7, 11) is 0. The molecule has 4 aromatic rings. The first-order valence-corrected chi connectivity index (χ1v) is 9.44. The first-order chi connectivity index (χ1) is 14.3. The molecular formula is C24H21NO4. The number of amides is 1. The monoisotopic (exact) mass is 387 g/mol. The molecule has 5 heteroatoms. The second-order valence-corrected chi connectivity index (χ2v) is 6.46. The molecule has 1 heterocycles. The molecule has 0 aliphatic rings. The average molecular weight is 387 g/mol. The van der Waals surface area contributed by atoms with Crippen LogP contribution in [0.2, 0.25) is 0 Å². The van der Waals surface area contributed by atoms with Crippen molar-refractivity contribution in [1.29, 1.82) is 0 Å². The summed E-state index contributed by atoms with van der Waals surface area (Å²) in [6, 6.07) is 25.1. The highest BCUT2D eigenvalue weighted by molar-refractivity contribution is 5.92. The van der Waals surface area contributed by atoms with Crippen molar-refractivity contribution in [2.75, 3.05) is 13.2 Å². The second kappa shape index (κ2) is 8.97. The predicted octanol–water partition coefficient (Wildman–Crippen LogP) is 4.82. The Morgan fingerprint density at radius 3 is 2.55 bits per heavy atom. The van der Waals surface area contributed by atoms with Gasteiger partial charge in [0.05, 0.1) is 12.8 Å².